The highest BCUT2D eigenvalue weighted by Gasteiger charge is 2.41. The smallest absolute Gasteiger partial charge is 0.118 e. The summed E-state index contributed by atoms with van der Waals surface area (Å²) in [5.41, 5.74) is 0.378. The van der Waals surface area contributed by atoms with Gasteiger partial charge in [-0.25, -0.2) is 0 Å². The topological polar surface area (TPSA) is 45.4 Å². The molecular formula is C13H21NO2S. The fraction of sp³-hybridized carbons (Fsp3) is 0.692. The lowest BCUT2D eigenvalue weighted by Gasteiger charge is -2.13. The van der Waals surface area contributed by atoms with Crippen LogP contribution in [-0.4, -0.2) is 24.5 Å². The molecular weight excluding hydrogens is 234 g/mol. The van der Waals surface area contributed by atoms with Gasteiger partial charge in [-0.1, -0.05) is 0 Å². The fourth-order valence-corrected chi connectivity index (χ4v) is 2.56. The van der Waals surface area contributed by atoms with Crippen LogP contribution in [0.4, 0.5) is 0 Å². The van der Waals surface area contributed by atoms with Crippen LogP contribution in [-0.2, 0) is 12.3 Å². The Morgan fingerprint density at radius 3 is 2.82 bits per heavy atom. The first kappa shape index (κ1) is 13.0. The predicted molar refractivity (Wildman–Crippen MR) is 71.0 cm³/mol. The van der Waals surface area contributed by atoms with Crippen LogP contribution in [0.1, 0.15) is 30.8 Å². The van der Waals surface area contributed by atoms with Crippen LogP contribution in [0.2, 0.25) is 0 Å². The van der Waals surface area contributed by atoms with Gasteiger partial charge in [0.05, 0.1) is 12.3 Å². The van der Waals surface area contributed by atoms with Gasteiger partial charge in [-0.15, -0.1) is 0 Å². The van der Waals surface area contributed by atoms with Gasteiger partial charge in [-0.2, -0.15) is 11.8 Å². The van der Waals surface area contributed by atoms with Crippen LogP contribution in [0.3, 0.4) is 0 Å². The Kier molecular flexibility index (Phi) is 4.54. The fourth-order valence-electron chi connectivity index (χ4n) is 2.12. The molecule has 0 aromatic carbocycles. The molecule has 1 aromatic heterocycles. The Bertz CT molecular complexity index is 347. The minimum absolute atomic E-state index is 0.306. The quantitative estimate of drug-likeness (QED) is 0.749. The van der Waals surface area contributed by atoms with Crippen LogP contribution in [0.15, 0.2) is 16.5 Å². The molecule has 96 valence electrons. The molecule has 2 N–H and O–H groups in total. The summed E-state index contributed by atoms with van der Waals surface area (Å²) in [4.78, 5) is 0. The van der Waals surface area contributed by atoms with Crippen molar-refractivity contribution in [2.45, 2.75) is 31.6 Å². The lowest BCUT2D eigenvalue weighted by Crippen LogP contribution is -2.24. The number of aliphatic hydroxyl groups excluding tert-OH is 1. The molecule has 1 aliphatic carbocycles. The highest BCUT2D eigenvalue weighted by molar-refractivity contribution is 7.97. The first-order valence-corrected chi connectivity index (χ1v) is 7.55. The largest absolute Gasteiger partial charge is 0.464 e. The molecule has 0 radical (unpaired) electrons. The van der Waals surface area contributed by atoms with Gasteiger partial charge in [0.25, 0.3) is 0 Å². The molecule has 1 saturated carbocycles. The van der Waals surface area contributed by atoms with Gasteiger partial charge in [0.2, 0.25) is 0 Å². The second-order valence-electron chi connectivity index (χ2n) is 4.88. The summed E-state index contributed by atoms with van der Waals surface area (Å²) in [6, 6.07) is 4.10. The van der Waals surface area contributed by atoms with Crippen molar-refractivity contribution in [2.24, 2.45) is 5.41 Å². The van der Waals surface area contributed by atoms with E-state index in [1.165, 1.54) is 12.8 Å². The summed E-state index contributed by atoms with van der Waals surface area (Å²) in [7, 11) is 0. The van der Waals surface area contributed by atoms with E-state index in [-0.39, 0.29) is 0 Å². The SMILES string of the molecule is CSCc1ccc(CNCC2(CCO)CC2)o1. The number of rotatable bonds is 8. The first-order chi connectivity index (χ1) is 8.28. The molecule has 17 heavy (non-hydrogen) atoms. The molecule has 1 heterocycles. The third-order valence-electron chi connectivity index (χ3n) is 3.40. The number of thioether (sulfide) groups is 1. The van der Waals surface area contributed by atoms with Crippen LogP contribution < -0.4 is 5.32 Å². The van der Waals surface area contributed by atoms with Crippen molar-refractivity contribution in [1.82, 2.24) is 5.32 Å². The van der Waals surface area contributed by atoms with Crippen molar-refractivity contribution in [1.29, 1.82) is 0 Å². The van der Waals surface area contributed by atoms with E-state index in [1.54, 1.807) is 11.8 Å². The molecule has 1 aromatic rings. The van der Waals surface area contributed by atoms with E-state index in [1.807, 2.05) is 12.1 Å². The summed E-state index contributed by atoms with van der Waals surface area (Å²) >= 11 is 1.77. The van der Waals surface area contributed by atoms with E-state index >= 15 is 0 Å². The van der Waals surface area contributed by atoms with Crippen molar-refractivity contribution in [3.8, 4) is 0 Å². The van der Waals surface area contributed by atoms with Gasteiger partial charge in [-0.05, 0) is 43.1 Å². The third-order valence-corrected chi connectivity index (χ3v) is 3.98. The Morgan fingerprint density at radius 2 is 2.18 bits per heavy atom. The predicted octanol–water partition coefficient (Wildman–Crippen LogP) is 2.39. The average Bonchev–Trinajstić information content (AvgIpc) is 2.92. The monoisotopic (exact) mass is 255 g/mol. The highest BCUT2D eigenvalue weighted by Crippen LogP contribution is 2.47. The second-order valence-corrected chi connectivity index (χ2v) is 5.74. The van der Waals surface area contributed by atoms with Crippen LogP contribution >= 0.6 is 11.8 Å². The van der Waals surface area contributed by atoms with E-state index in [2.05, 4.69) is 11.6 Å². The van der Waals surface area contributed by atoms with Crippen molar-refractivity contribution in [3.63, 3.8) is 0 Å². The summed E-state index contributed by atoms with van der Waals surface area (Å²) < 4.78 is 5.69. The van der Waals surface area contributed by atoms with Crippen molar-refractivity contribution < 1.29 is 9.52 Å². The number of hydrogen-bond acceptors (Lipinski definition) is 4. The van der Waals surface area contributed by atoms with Gasteiger partial charge in [0.1, 0.15) is 11.5 Å². The van der Waals surface area contributed by atoms with E-state index in [9.17, 15) is 0 Å². The lowest BCUT2D eigenvalue weighted by molar-refractivity contribution is 0.244. The molecule has 3 nitrogen and oxygen atoms in total. The standard InChI is InChI=1S/C13H21NO2S/c1-17-9-12-3-2-11(16-12)8-14-10-13(4-5-13)6-7-15/h2-3,14-15H,4-10H2,1H3. The zero-order valence-electron chi connectivity index (χ0n) is 10.4. The minimum atomic E-state index is 0.306. The van der Waals surface area contributed by atoms with E-state index in [4.69, 9.17) is 9.52 Å². The molecule has 0 unspecified atom stereocenters. The molecule has 0 bridgehead atoms. The van der Waals surface area contributed by atoms with Crippen LogP contribution in [0, 0.1) is 5.41 Å². The summed E-state index contributed by atoms with van der Waals surface area (Å²) in [5, 5.41) is 12.4. The van der Waals surface area contributed by atoms with Gasteiger partial charge in [-0.3, -0.25) is 0 Å². The van der Waals surface area contributed by atoms with Crippen molar-refractivity contribution >= 4 is 11.8 Å². The summed E-state index contributed by atoms with van der Waals surface area (Å²) in [6.07, 6.45) is 5.49. The number of hydrogen-bond donors (Lipinski definition) is 2. The maximum absolute atomic E-state index is 8.97. The number of furan rings is 1. The van der Waals surface area contributed by atoms with E-state index < -0.39 is 0 Å². The number of aliphatic hydroxyl groups is 1. The van der Waals surface area contributed by atoms with Gasteiger partial charge in [0.15, 0.2) is 0 Å². The zero-order valence-corrected chi connectivity index (χ0v) is 11.2. The first-order valence-electron chi connectivity index (χ1n) is 6.16. The molecule has 1 fully saturated rings. The molecule has 0 atom stereocenters. The summed E-state index contributed by atoms with van der Waals surface area (Å²) in [5.74, 6) is 2.99. The third kappa shape index (κ3) is 3.76. The Hall–Kier alpha value is -0.450. The molecule has 0 aliphatic heterocycles. The Balaban J connectivity index is 1.70. The van der Waals surface area contributed by atoms with Crippen molar-refractivity contribution in [3.05, 3.63) is 23.7 Å². The number of nitrogens with one attached hydrogen (secondary N) is 1. The molecule has 4 heteroatoms. The molecule has 0 saturated heterocycles. The van der Waals surface area contributed by atoms with E-state index in [0.717, 1.165) is 36.8 Å². The van der Waals surface area contributed by atoms with Gasteiger partial charge < -0.3 is 14.8 Å². The molecule has 0 amide bonds. The normalized spacial score (nSPS) is 17.3. The zero-order chi connectivity index (χ0) is 12.1. The van der Waals surface area contributed by atoms with E-state index in [0.29, 0.717) is 12.0 Å². The lowest BCUT2D eigenvalue weighted by atomic mass is 10.0. The summed E-state index contributed by atoms with van der Waals surface area (Å²) in [6.45, 7) is 2.09. The van der Waals surface area contributed by atoms with Gasteiger partial charge in [0, 0.05) is 13.2 Å². The van der Waals surface area contributed by atoms with Crippen LogP contribution in [0.25, 0.3) is 0 Å². The highest BCUT2D eigenvalue weighted by atomic mass is 32.2. The Morgan fingerprint density at radius 1 is 1.41 bits per heavy atom. The van der Waals surface area contributed by atoms with Crippen LogP contribution in [0.5, 0.6) is 0 Å². The maximum atomic E-state index is 8.97. The van der Waals surface area contributed by atoms with Gasteiger partial charge >= 0.3 is 0 Å². The molecule has 1 aliphatic rings. The average molecular weight is 255 g/mol. The molecule has 0 spiro atoms. The Labute approximate surface area is 107 Å². The minimum Gasteiger partial charge on any atom is -0.464 e. The second kappa shape index (κ2) is 5.94. The van der Waals surface area contributed by atoms with Crippen molar-refractivity contribution in [2.75, 3.05) is 19.4 Å². The maximum Gasteiger partial charge on any atom is 0.118 e. The molecule has 2 rings (SSSR count).